The van der Waals surface area contributed by atoms with E-state index in [1.165, 1.54) is 12.1 Å². The molecular weight excluding hydrogens is 213 g/mol. The van der Waals surface area contributed by atoms with Crippen LogP contribution in [0.4, 0.5) is 4.39 Å². The number of hydrogen-bond acceptors (Lipinski definition) is 3. The van der Waals surface area contributed by atoms with Crippen molar-refractivity contribution in [2.24, 2.45) is 0 Å². The van der Waals surface area contributed by atoms with E-state index in [9.17, 15) is 9.18 Å². The van der Waals surface area contributed by atoms with Crippen LogP contribution < -0.4 is 10.1 Å². The number of benzene rings is 1. The van der Waals surface area contributed by atoms with Crippen LogP contribution in [0.1, 0.15) is 6.42 Å². The third-order valence-electron chi connectivity index (χ3n) is 2.52. The zero-order chi connectivity index (χ0) is 11.5. The Morgan fingerprint density at radius 1 is 1.50 bits per heavy atom. The Bertz CT molecular complexity index is 397. The summed E-state index contributed by atoms with van der Waals surface area (Å²) in [6, 6.07) is 5.50. The lowest BCUT2D eigenvalue weighted by molar-refractivity contribution is -0.139. The lowest BCUT2D eigenvalue weighted by Crippen LogP contribution is -2.30. The van der Waals surface area contributed by atoms with E-state index in [2.05, 4.69) is 5.32 Å². The fraction of sp³-hybridized carbons (Fsp3) is 0.364. The summed E-state index contributed by atoms with van der Waals surface area (Å²) in [6.07, 6.45) is 0.0573. The maximum Gasteiger partial charge on any atom is 0.320 e. The maximum absolute atomic E-state index is 13.2. The number of ether oxygens (including phenoxy) is 1. The van der Waals surface area contributed by atoms with Crippen molar-refractivity contribution in [3.05, 3.63) is 30.1 Å². The van der Waals surface area contributed by atoms with Gasteiger partial charge in [-0.1, -0.05) is 12.1 Å². The van der Waals surface area contributed by atoms with Crippen LogP contribution in [0.2, 0.25) is 0 Å². The lowest BCUT2D eigenvalue weighted by atomic mass is 10.2. The molecule has 4 nitrogen and oxygen atoms in total. The molecule has 1 aliphatic heterocycles. The van der Waals surface area contributed by atoms with Gasteiger partial charge in [0, 0.05) is 13.0 Å². The summed E-state index contributed by atoms with van der Waals surface area (Å²) >= 11 is 0. The first-order valence-electron chi connectivity index (χ1n) is 5.04. The van der Waals surface area contributed by atoms with Gasteiger partial charge in [-0.15, -0.1) is 0 Å². The highest BCUT2D eigenvalue weighted by molar-refractivity contribution is 5.73. The summed E-state index contributed by atoms with van der Waals surface area (Å²) in [6.45, 7) is 0.422. The molecule has 0 bridgehead atoms. The standard InChI is InChI=1S/C11H12FNO3/c12-8-3-1-2-4-10(8)16-7-5-9(11(14)15)13-6-7/h1-4,7,9,13H,5-6H2,(H,14,15)/t7-,9-/m0/s1. The van der Waals surface area contributed by atoms with Crippen molar-refractivity contribution < 1.29 is 19.0 Å². The van der Waals surface area contributed by atoms with E-state index < -0.39 is 17.8 Å². The van der Waals surface area contributed by atoms with Crippen LogP contribution >= 0.6 is 0 Å². The molecule has 0 saturated carbocycles. The number of nitrogens with one attached hydrogen (secondary N) is 1. The first kappa shape index (κ1) is 10.9. The molecule has 1 aromatic carbocycles. The Morgan fingerprint density at radius 2 is 2.25 bits per heavy atom. The minimum Gasteiger partial charge on any atom is -0.486 e. The summed E-state index contributed by atoms with van der Waals surface area (Å²) in [5.74, 6) is -1.17. The summed E-state index contributed by atoms with van der Waals surface area (Å²) in [5.41, 5.74) is 0. The molecule has 0 unspecified atom stereocenters. The normalized spacial score (nSPS) is 24.3. The highest BCUT2D eigenvalue weighted by Gasteiger charge is 2.30. The minimum absolute atomic E-state index is 0.167. The SMILES string of the molecule is O=C(O)[C@@H]1C[C@H](Oc2ccccc2F)CN1. The largest absolute Gasteiger partial charge is 0.486 e. The molecule has 1 heterocycles. The number of rotatable bonds is 3. The number of para-hydroxylation sites is 1. The summed E-state index contributed by atoms with van der Waals surface area (Å²) < 4.78 is 18.6. The van der Waals surface area contributed by atoms with Gasteiger partial charge in [0.05, 0.1) is 0 Å². The van der Waals surface area contributed by atoms with Gasteiger partial charge in [0.2, 0.25) is 0 Å². The smallest absolute Gasteiger partial charge is 0.320 e. The molecule has 1 aliphatic rings. The van der Waals surface area contributed by atoms with Crippen LogP contribution in [0.3, 0.4) is 0 Å². The molecule has 1 fully saturated rings. The minimum atomic E-state index is -0.903. The fourth-order valence-electron chi connectivity index (χ4n) is 1.70. The molecular formula is C11H12FNO3. The first-order chi connectivity index (χ1) is 7.66. The van der Waals surface area contributed by atoms with Gasteiger partial charge in [0.1, 0.15) is 12.1 Å². The zero-order valence-corrected chi connectivity index (χ0v) is 8.52. The first-order valence-corrected chi connectivity index (χ1v) is 5.04. The monoisotopic (exact) mass is 225 g/mol. The molecule has 0 radical (unpaired) electrons. The molecule has 5 heteroatoms. The Balaban J connectivity index is 1.97. The molecule has 0 aromatic heterocycles. The Labute approximate surface area is 92.0 Å². The quantitative estimate of drug-likeness (QED) is 0.806. The Morgan fingerprint density at radius 3 is 2.88 bits per heavy atom. The predicted octanol–water partition coefficient (Wildman–Crippen LogP) is 1.02. The van der Waals surface area contributed by atoms with Gasteiger partial charge in [-0.05, 0) is 12.1 Å². The van der Waals surface area contributed by atoms with Crippen molar-refractivity contribution in [3.8, 4) is 5.75 Å². The van der Waals surface area contributed by atoms with Crippen molar-refractivity contribution >= 4 is 5.97 Å². The van der Waals surface area contributed by atoms with Crippen LogP contribution in [-0.2, 0) is 4.79 Å². The molecule has 86 valence electrons. The second-order valence-electron chi connectivity index (χ2n) is 3.71. The molecule has 1 saturated heterocycles. The van der Waals surface area contributed by atoms with Crippen molar-refractivity contribution in [1.29, 1.82) is 0 Å². The Kier molecular flexibility index (Phi) is 3.05. The zero-order valence-electron chi connectivity index (χ0n) is 8.52. The van der Waals surface area contributed by atoms with E-state index in [1.54, 1.807) is 12.1 Å². The van der Waals surface area contributed by atoms with Crippen LogP contribution in [0, 0.1) is 5.82 Å². The molecule has 1 aromatic rings. The van der Waals surface area contributed by atoms with Crippen LogP contribution in [0.15, 0.2) is 24.3 Å². The number of halogens is 1. The van der Waals surface area contributed by atoms with Crippen molar-refractivity contribution in [2.75, 3.05) is 6.54 Å². The number of carboxylic acids is 1. The topological polar surface area (TPSA) is 58.6 Å². The van der Waals surface area contributed by atoms with Gasteiger partial charge in [0.25, 0.3) is 0 Å². The lowest BCUT2D eigenvalue weighted by Gasteiger charge is -2.12. The van der Waals surface area contributed by atoms with E-state index in [-0.39, 0.29) is 11.9 Å². The van der Waals surface area contributed by atoms with Gasteiger partial charge in [-0.2, -0.15) is 0 Å². The van der Waals surface area contributed by atoms with Gasteiger partial charge in [0.15, 0.2) is 11.6 Å². The fourth-order valence-corrected chi connectivity index (χ4v) is 1.70. The number of aliphatic carboxylic acids is 1. The van der Waals surface area contributed by atoms with E-state index in [1.807, 2.05) is 0 Å². The van der Waals surface area contributed by atoms with Crippen LogP contribution in [0.25, 0.3) is 0 Å². The molecule has 2 atom stereocenters. The van der Waals surface area contributed by atoms with Crippen LogP contribution in [-0.4, -0.2) is 29.8 Å². The van der Waals surface area contributed by atoms with Gasteiger partial charge < -0.3 is 15.2 Å². The molecule has 0 aliphatic carbocycles. The predicted molar refractivity (Wildman–Crippen MR) is 54.9 cm³/mol. The highest BCUT2D eigenvalue weighted by atomic mass is 19.1. The summed E-state index contributed by atoms with van der Waals surface area (Å²) in [5, 5.41) is 11.6. The number of carboxylic acid groups (broad SMARTS) is 1. The van der Waals surface area contributed by atoms with E-state index >= 15 is 0 Å². The van der Waals surface area contributed by atoms with E-state index in [4.69, 9.17) is 9.84 Å². The average Bonchev–Trinajstić information content (AvgIpc) is 2.70. The Hall–Kier alpha value is -1.62. The molecule has 0 amide bonds. The van der Waals surface area contributed by atoms with Crippen LogP contribution in [0.5, 0.6) is 5.75 Å². The van der Waals surface area contributed by atoms with Crippen molar-refractivity contribution in [2.45, 2.75) is 18.6 Å². The number of hydrogen-bond donors (Lipinski definition) is 2. The molecule has 2 N–H and O–H groups in total. The van der Waals surface area contributed by atoms with E-state index in [0.29, 0.717) is 13.0 Å². The molecule has 16 heavy (non-hydrogen) atoms. The third kappa shape index (κ3) is 2.30. The second kappa shape index (κ2) is 4.49. The van der Waals surface area contributed by atoms with Gasteiger partial charge in [-0.25, -0.2) is 4.39 Å². The summed E-state index contributed by atoms with van der Waals surface area (Å²) in [7, 11) is 0. The summed E-state index contributed by atoms with van der Waals surface area (Å²) in [4.78, 5) is 10.7. The second-order valence-corrected chi connectivity index (χ2v) is 3.71. The molecule has 2 rings (SSSR count). The van der Waals surface area contributed by atoms with Crippen molar-refractivity contribution in [1.82, 2.24) is 5.32 Å². The number of carbonyl (C=O) groups is 1. The third-order valence-corrected chi connectivity index (χ3v) is 2.52. The highest BCUT2D eigenvalue weighted by Crippen LogP contribution is 2.20. The van der Waals surface area contributed by atoms with Gasteiger partial charge >= 0.3 is 5.97 Å². The average molecular weight is 225 g/mol. The maximum atomic E-state index is 13.2. The molecule has 0 spiro atoms. The van der Waals surface area contributed by atoms with E-state index in [0.717, 1.165) is 0 Å². The van der Waals surface area contributed by atoms with Crippen molar-refractivity contribution in [3.63, 3.8) is 0 Å². The van der Waals surface area contributed by atoms with Gasteiger partial charge in [-0.3, -0.25) is 4.79 Å².